The van der Waals surface area contributed by atoms with Crippen LogP contribution >= 0.6 is 0 Å². The molecule has 0 aliphatic carbocycles. The molecule has 24 heavy (non-hydrogen) atoms. The average Bonchev–Trinajstić information content (AvgIpc) is 2.73. The van der Waals surface area contributed by atoms with Gasteiger partial charge in [-0.05, 0) is 19.9 Å². The molecule has 0 saturated carbocycles. The van der Waals surface area contributed by atoms with Crippen molar-refractivity contribution < 1.29 is 9.59 Å². The van der Waals surface area contributed by atoms with E-state index in [1.165, 1.54) is 0 Å². The molecule has 126 valence electrons. The first-order valence-corrected chi connectivity index (χ1v) is 8.07. The lowest BCUT2D eigenvalue weighted by molar-refractivity contribution is -0.121. The van der Waals surface area contributed by atoms with Crippen LogP contribution in [0.15, 0.2) is 29.1 Å². The third-order valence-corrected chi connectivity index (χ3v) is 4.70. The molecule has 6 heteroatoms. The van der Waals surface area contributed by atoms with E-state index in [0.717, 1.165) is 10.9 Å². The van der Waals surface area contributed by atoms with Gasteiger partial charge in [-0.15, -0.1) is 0 Å². The highest BCUT2D eigenvalue weighted by molar-refractivity contribution is 6.07. The lowest BCUT2D eigenvalue weighted by atomic mass is 10.0. The number of aryl methyl sites for hydroxylation is 1. The number of para-hydroxylation sites is 1. The maximum atomic E-state index is 13.2. The van der Waals surface area contributed by atoms with Crippen molar-refractivity contribution in [2.45, 2.75) is 26.3 Å². The summed E-state index contributed by atoms with van der Waals surface area (Å²) in [6, 6.07) is 7.20. The summed E-state index contributed by atoms with van der Waals surface area (Å²) in [6.07, 6.45) is 0.271. The van der Waals surface area contributed by atoms with Gasteiger partial charge in [-0.25, -0.2) is 0 Å². The van der Waals surface area contributed by atoms with E-state index in [9.17, 15) is 14.4 Å². The van der Waals surface area contributed by atoms with Crippen LogP contribution in [0.2, 0.25) is 0 Å². The number of pyridine rings is 1. The number of fused-ring (bicyclic) bond motifs is 1. The Morgan fingerprint density at radius 2 is 1.96 bits per heavy atom. The molecule has 1 aliphatic heterocycles. The first-order valence-electron chi connectivity index (χ1n) is 8.07. The van der Waals surface area contributed by atoms with Gasteiger partial charge in [-0.3, -0.25) is 14.4 Å². The molecule has 1 N–H and O–H groups in total. The van der Waals surface area contributed by atoms with Crippen LogP contribution < -0.4 is 10.9 Å². The Balaban J connectivity index is 2.17. The van der Waals surface area contributed by atoms with Crippen LogP contribution in [0.1, 0.15) is 29.3 Å². The number of carbonyl (C=O) groups is 2. The minimum absolute atomic E-state index is 0.0524. The van der Waals surface area contributed by atoms with E-state index >= 15 is 0 Å². The molecule has 3 rings (SSSR count). The second-order valence-electron chi connectivity index (χ2n) is 6.28. The number of carbonyl (C=O) groups excluding carboxylic acids is 2. The second kappa shape index (κ2) is 6.11. The predicted octanol–water partition coefficient (Wildman–Crippen LogP) is 1.20. The number of aromatic nitrogens is 1. The maximum absolute atomic E-state index is 13.2. The molecule has 6 nitrogen and oxygen atoms in total. The summed E-state index contributed by atoms with van der Waals surface area (Å²) in [5.41, 5.74) is 1.44. The maximum Gasteiger partial charge on any atom is 0.255 e. The van der Waals surface area contributed by atoms with E-state index in [0.29, 0.717) is 24.2 Å². The van der Waals surface area contributed by atoms with E-state index in [1.807, 2.05) is 31.2 Å². The molecule has 0 bridgehead atoms. The molecule has 2 aromatic rings. The van der Waals surface area contributed by atoms with Crippen LogP contribution in [0.4, 0.5) is 0 Å². The number of hydrogen-bond donors (Lipinski definition) is 1. The van der Waals surface area contributed by atoms with Gasteiger partial charge in [0.15, 0.2) is 0 Å². The smallest absolute Gasteiger partial charge is 0.255 e. The zero-order chi connectivity index (χ0) is 17.4. The molecule has 2 heterocycles. The van der Waals surface area contributed by atoms with Gasteiger partial charge in [-0.2, -0.15) is 0 Å². The monoisotopic (exact) mass is 327 g/mol. The van der Waals surface area contributed by atoms with E-state index in [4.69, 9.17) is 0 Å². The summed E-state index contributed by atoms with van der Waals surface area (Å²) in [7, 11) is 1.71. The highest BCUT2D eigenvalue weighted by Crippen LogP contribution is 2.22. The number of benzene rings is 1. The van der Waals surface area contributed by atoms with Gasteiger partial charge >= 0.3 is 0 Å². The molecular weight excluding hydrogens is 306 g/mol. The normalized spacial score (nSPS) is 18.4. The number of nitrogens with one attached hydrogen (secondary N) is 1. The van der Waals surface area contributed by atoms with E-state index in [1.54, 1.807) is 23.4 Å². The van der Waals surface area contributed by atoms with Crippen molar-refractivity contribution in [2.75, 3.05) is 13.1 Å². The molecule has 1 unspecified atom stereocenters. The topological polar surface area (TPSA) is 71.4 Å². The Labute approximate surface area is 140 Å². The first kappa shape index (κ1) is 16.2. The van der Waals surface area contributed by atoms with Gasteiger partial charge in [0.1, 0.15) is 0 Å². The van der Waals surface area contributed by atoms with Crippen molar-refractivity contribution in [1.82, 2.24) is 14.8 Å². The van der Waals surface area contributed by atoms with Crippen molar-refractivity contribution in [3.63, 3.8) is 0 Å². The summed E-state index contributed by atoms with van der Waals surface area (Å²) in [4.78, 5) is 39.1. The largest absolute Gasteiger partial charge is 0.354 e. The molecule has 1 saturated heterocycles. The van der Waals surface area contributed by atoms with Crippen molar-refractivity contribution >= 4 is 22.7 Å². The lowest BCUT2D eigenvalue weighted by Crippen LogP contribution is -2.41. The molecule has 1 aromatic carbocycles. The Kier molecular flexibility index (Phi) is 4.13. The summed E-state index contributed by atoms with van der Waals surface area (Å²) in [6.45, 7) is 4.42. The zero-order valence-electron chi connectivity index (χ0n) is 14.1. The Bertz CT molecular complexity index is 885. The SMILES string of the molecule is Cc1c(C(=O)N2CCNC(=O)CC2C)c2ccccc2n(C)c1=O. The fourth-order valence-corrected chi connectivity index (χ4v) is 3.36. The quantitative estimate of drug-likeness (QED) is 0.855. The summed E-state index contributed by atoms with van der Waals surface area (Å²) >= 11 is 0. The van der Waals surface area contributed by atoms with Crippen molar-refractivity contribution in [3.05, 3.63) is 45.7 Å². The molecule has 1 atom stereocenters. The third-order valence-electron chi connectivity index (χ3n) is 4.70. The summed E-state index contributed by atoms with van der Waals surface area (Å²) in [5, 5.41) is 3.55. The summed E-state index contributed by atoms with van der Waals surface area (Å²) < 4.78 is 1.57. The van der Waals surface area contributed by atoms with Gasteiger partial charge in [0.05, 0.1) is 11.1 Å². The van der Waals surface area contributed by atoms with Crippen LogP contribution in [0.5, 0.6) is 0 Å². The second-order valence-corrected chi connectivity index (χ2v) is 6.28. The Morgan fingerprint density at radius 3 is 2.71 bits per heavy atom. The van der Waals surface area contributed by atoms with Crippen LogP contribution in [-0.4, -0.2) is 40.4 Å². The van der Waals surface area contributed by atoms with Gasteiger partial charge in [-0.1, -0.05) is 18.2 Å². The standard InChI is InChI=1S/C18H21N3O3/c1-11-10-15(22)19-8-9-21(11)18(24)16-12(2)17(23)20(3)14-7-5-4-6-13(14)16/h4-7,11H,8-10H2,1-3H3,(H,19,22). The number of nitrogens with zero attached hydrogens (tertiary/aromatic N) is 2. The van der Waals surface area contributed by atoms with Crippen molar-refractivity contribution in [3.8, 4) is 0 Å². The van der Waals surface area contributed by atoms with Crippen LogP contribution in [0, 0.1) is 6.92 Å². The van der Waals surface area contributed by atoms with E-state index in [2.05, 4.69) is 5.32 Å². The molecule has 1 aromatic heterocycles. The molecule has 0 radical (unpaired) electrons. The van der Waals surface area contributed by atoms with Gasteiger partial charge in [0.2, 0.25) is 5.91 Å². The molecule has 1 aliphatic rings. The van der Waals surface area contributed by atoms with Crippen LogP contribution in [0.3, 0.4) is 0 Å². The highest BCUT2D eigenvalue weighted by atomic mass is 16.2. The predicted molar refractivity (Wildman–Crippen MR) is 92.1 cm³/mol. The van der Waals surface area contributed by atoms with Crippen molar-refractivity contribution in [1.29, 1.82) is 0 Å². The minimum atomic E-state index is -0.206. The van der Waals surface area contributed by atoms with Gasteiger partial charge in [0, 0.05) is 43.5 Å². The number of rotatable bonds is 1. The fourth-order valence-electron chi connectivity index (χ4n) is 3.36. The average molecular weight is 327 g/mol. The Morgan fingerprint density at radius 1 is 1.25 bits per heavy atom. The minimum Gasteiger partial charge on any atom is -0.354 e. The lowest BCUT2D eigenvalue weighted by Gasteiger charge is -2.27. The third kappa shape index (κ3) is 2.58. The summed E-state index contributed by atoms with van der Waals surface area (Å²) in [5.74, 6) is -0.242. The number of hydrogen-bond acceptors (Lipinski definition) is 3. The van der Waals surface area contributed by atoms with Gasteiger partial charge < -0.3 is 14.8 Å². The highest BCUT2D eigenvalue weighted by Gasteiger charge is 2.29. The first-order chi connectivity index (χ1) is 11.4. The van der Waals surface area contributed by atoms with Crippen LogP contribution in [-0.2, 0) is 11.8 Å². The van der Waals surface area contributed by atoms with E-state index < -0.39 is 0 Å². The Hall–Kier alpha value is -2.63. The van der Waals surface area contributed by atoms with E-state index in [-0.39, 0.29) is 29.8 Å². The van der Waals surface area contributed by atoms with Crippen LogP contribution in [0.25, 0.3) is 10.9 Å². The molecular formula is C18H21N3O3. The van der Waals surface area contributed by atoms with Crippen molar-refractivity contribution in [2.24, 2.45) is 7.05 Å². The van der Waals surface area contributed by atoms with Gasteiger partial charge in [0.25, 0.3) is 11.5 Å². The zero-order valence-corrected chi connectivity index (χ0v) is 14.1. The molecule has 1 fully saturated rings. The number of amides is 2. The molecule has 0 spiro atoms. The molecule has 2 amide bonds. The fraction of sp³-hybridized carbons (Fsp3) is 0.389.